The minimum Gasteiger partial charge on any atom is -0.378 e. The van der Waals surface area contributed by atoms with E-state index in [2.05, 4.69) is 44.5 Å². The molecule has 4 heteroatoms. The second-order valence-corrected chi connectivity index (χ2v) is 4.64. The number of para-hydroxylation sites is 2. The molecule has 0 atom stereocenters. The van der Waals surface area contributed by atoms with Gasteiger partial charge in [-0.2, -0.15) is 0 Å². The average molecular weight is 242 g/mol. The van der Waals surface area contributed by atoms with E-state index < -0.39 is 0 Å². The Morgan fingerprint density at radius 2 is 2.06 bits per heavy atom. The maximum absolute atomic E-state index is 4.03. The predicted octanol–water partition coefficient (Wildman–Crippen LogP) is 2.62. The zero-order chi connectivity index (χ0) is 12.2. The molecule has 94 valence electrons. The monoisotopic (exact) mass is 242 g/mol. The van der Waals surface area contributed by atoms with Gasteiger partial charge in [-0.3, -0.25) is 0 Å². The van der Waals surface area contributed by atoms with Gasteiger partial charge in [0.05, 0.1) is 29.9 Å². The van der Waals surface area contributed by atoms with E-state index in [-0.39, 0.29) is 0 Å². The molecule has 3 rings (SSSR count). The van der Waals surface area contributed by atoms with Gasteiger partial charge in [-0.1, -0.05) is 12.1 Å². The second-order valence-electron chi connectivity index (χ2n) is 4.64. The summed E-state index contributed by atoms with van der Waals surface area (Å²) in [7, 11) is 0. The molecule has 1 aromatic heterocycles. The zero-order valence-corrected chi connectivity index (χ0v) is 10.4. The van der Waals surface area contributed by atoms with Gasteiger partial charge in [0.1, 0.15) is 0 Å². The summed E-state index contributed by atoms with van der Waals surface area (Å²) in [4.78, 5) is 9.59. The molecule has 1 aliphatic rings. The Bertz CT molecular complexity index is 486. The molecular weight excluding hydrogens is 224 g/mol. The lowest BCUT2D eigenvalue weighted by Crippen LogP contribution is -2.19. The molecule has 1 fully saturated rings. The van der Waals surface area contributed by atoms with Crippen molar-refractivity contribution >= 4 is 11.4 Å². The fraction of sp³-hybridized carbons (Fsp3) is 0.357. The third kappa shape index (κ3) is 2.32. The SMILES string of the molecule is c1ccc(N2CCCC2)c(NCc2cnc[nH]2)c1. The van der Waals surface area contributed by atoms with Crippen LogP contribution < -0.4 is 10.2 Å². The summed E-state index contributed by atoms with van der Waals surface area (Å²) in [6.07, 6.45) is 6.17. The number of imidazole rings is 1. The van der Waals surface area contributed by atoms with Crippen LogP contribution in [-0.4, -0.2) is 23.1 Å². The summed E-state index contributed by atoms with van der Waals surface area (Å²) < 4.78 is 0. The van der Waals surface area contributed by atoms with E-state index in [0.717, 1.165) is 12.2 Å². The number of nitrogens with one attached hydrogen (secondary N) is 2. The highest BCUT2D eigenvalue weighted by Gasteiger charge is 2.14. The van der Waals surface area contributed by atoms with Crippen LogP contribution >= 0.6 is 0 Å². The van der Waals surface area contributed by atoms with Crippen molar-refractivity contribution in [1.82, 2.24) is 9.97 Å². The fourth-order valence-corrected chi connectivity index (χ4v) is 2.43. The number of aromatic nitrogens is 2. The first-order chi connectivity index (χ1) is 8.93. The van der Waals surface area contributed by atoms with E-state index in [1.54, 1.807) is 6.33 Å². The van der Waals surface area contributed by atoms with E-state index in [9.17, 15) is 0 Å². The van der Waals surface area contributed by atoms with Crippen LogP contribution in [0.3, 0.4) is 0 Å². The molecule has 2 N–H and O–H groups in total. The van der Waals surface area contributed by atoms with Crippen LogP contribution in [0.4, 0.5) is 11.4 Å². The van der Waals surface area contributed by atoms with E-state index in [1.165, 1.54) is 37.3 Å². The molecule has 0 bridgehead atoms. The molecule has 1 saturated heterocycles. The molecule has 0 spiro atoms. The highest BCUT2D eigenvalue weighted by molar-refractivity contribution is 5.70. The third-order valence-corrected chi connectivity index (χ3v) is 3.37. The molecule has 0 aliphatic carbocycles. The predicted molar refractivity (Wildman–Crippen MR) is 73.8 cm³/mol. The second kappa shape index (κ2) is 5.12. The van der Waals surface area contributed by atoms with Gasteiger partial charge in [-0.15, -0.1) is 0 Å². The van der Waals surface area contributed by atoms with Gasteiger partial charge in [-0.05, 0) is 25.0 Å². The number of rotatable bonds is 4. The molecule has 0 saturated carbocycles. The van der Waals surface area contributed by atoms with Gasteiger partial charge < -0.3 is 15.2 Å². The van der Waals surface area contributed by atoms with Crippen LogP contribution in [0.15, 0.2) is 36.8 Å². The highest BCUT2D eigenvalue weighted by Crippen LogP contribution is 2.28. The Balaban J connectivity index is 1.74. The number of anilines is 2. The van der Waals surface area contributed by atoms with Gasteiger partial charge in [0, 0.05) is 19.3 Å². The molecule has 4 nitrogen and oxygen atoms in total. The maximum Gasteiger partial charge on any atom is 0.0922 e. The molecule has 18 heavy (non-hydrogen) atoms. The molecule has 1 aliphatic heterocycles. The number of hydrogen-bond acceptors (Lipinski definition) is 3. The summed E-state index contributed by atoms with van der Waals surface area (Å²) in [5.41, 5.74) is 3.62. The molecule has 0 radical (unpaired) electrons. The van der Waals surface area contributed by atoms with E-state index in [0.29, 0.717) is 0 Å². The van der Waals surface area contributed by atoms with Crippen molar-refractivity contribution in [2.45, 2.75) is 19.4 Å². The smallest absolute Gasteiger partial charge is 0.0922 e. The van der Waals surface area contributed by atoms with Gasteiger partial charge in [0.25, 0.3) is 0 Å². The van der Waals surface area contributed by atoms with Crippen molar-refractivity contribution < 1.29 is 0 Å². The fourth-order valence-electron chi connectivity index (χ4n) is 2.43. The number of hydrogen-bond donors (Lipinski definition) is 2. The largest absolute Gasteiger partial charge is 0.378 e. The molecule has 0 unspecified atom stereocenters. The first kappa shape index (κ1) is 11.1. The van der Waals surface area contributed by atoms with Crippen LogP contribution in [0, 0.1) is 0 Å². The number of benzene rings is 1. The van der Waals surface area contributed by atoms with Crippen LogP contribution in [0.2, 0.25) is 0 Å². The van der Waals surface area contributed by atoms with E-state index in [1.807, 2.05) is 6.20 Å². The van der Waals surface area contributed by atoms with Crippen molar-refractivity contribution in [3.63, 3.8) is 0 Å². The Morgan fingerprint density at radius 3 is 2.83 bits per heavy atom. The Morgan fingerprint density at radius 1 is 1.22 bits per heavy atom. The van der Waals surface area contributed by atoms with Crippen LogP contribution in [0.25, 0.3) is 0 Å². The van der Waals surface area contributed by atoms with E-state index >= 15 is 0 Å². The Hall–Kier alpha value is -1.97. The summed E-state index contributed by atoms with van der Waals surface area (Å²) in [5.74, 6) is 0. The topological polar surface area (TPSA) is 44.0 Å². The third-order valence-electron chi connectivity index (χ3n) is 3.37. The lowest BCUT2D eigenvalue weighted by Gasteiger charge is -2.21. The number of H-pyrrole nitrogens is 1. The minimum atomic E-state index is 0.783. The van der Waals surface area contributed by atoms with Gasteiger partial charge in [-0.25, -0.2) is 4.98 Å². The van der Waals surface area contributed by atoms with E-state index in [4.69, 9.17) is 0 Å². The number of aromatic amines is 1. The minimum absolute atomic E-state index is 0.783. The standard InChI is InChI=1S/C14H18N4/c1-2-6-14(18-7-3-4-8-18)13(5-1)16-10-12-9-15-11-17-12/h1-2,5-6,9,11,16H,3-4,7-8,10H2,(H,15,17). The molecular formula is C14H18N4. The van der Waals surface area contributed by atoms with Gasteiger partial charge >= 0.3 is 0 Å². The Kier molecular flexibility index (Phi) is 3.17. The average Bonchev–Trinajstić information content (AvgIpc) is 3.10. The molecule has 1 aromatic carbocycles. The zero-order valence-electron chi connectivity index (χ0n) is 10.4. The van der Waals surface area contributed by atoms with Gasteiger partial charge in [0.2, 0.25) is 0 Å². The van der Waals surface area contributed by atoms with Crippen LogP contribution in [0.1, 0.15) is 18.5 Å². The normalized spacial score (nSPS) is 15.0. The molecule has 2 heterocycles. The first-order valence-electron chi connectivity index (χ1n) is 6.48. The van der Waals surface area contributed by atoms with Crippen molar-refractivity contribution in [2.75, 3.05) is 23.3 Å². The lowest BCUT2D eigenvalue weighted by atomic mass is 10.2. The van der Waals surface area contributed by atoms with Crippen molar-refractivity contribution in [3.8, 4) is 0 Å². The van der Waals surface area contributed by atoms with Crippen molar-refractivity contribution in [2.24, 2.45) is 0 Å². The summed E-state index contributed by atoms with van der Waals surface area (Å²) in [6, 6.07) is 8.52. The Labute approximate surface area is 107 Å². The van der Waals surface area contributed by atoms with Gasteiger partial charge in [0.15, 0.2) is 0 Å². The molecule has 0 amide bonds. The molecule has 2 aromatic rings. The highest BCUT2D eigenvalue weighted by atomic mass is 15.2. The first-order valence-corrected chi connectivity index (χ1v) is 6.48. The summed E-state index contributed by atoms with van der Waals surface area (Å²) >= 11 is 0. The van der Waals surface area contributed by atoms with Crippen LogP contribution in [-0.2, 0) is 6.54 Å². The van der Waals surface area contributed by atoms with Crippen LogP contribution in [0.5, 0.6) is 0 Å². The van der Waals surface area contributed by atoms with Crippen molar-refractivity contribution in [3.05, 3.63) is 42.5 Å². The summed E-state index contributed by atoms with van der Waals surface area (Å²) in [6.45, 7) is 3.12. The lowest BCUT2D eigenvalue weighted by molar-refractivity contribution is 0.949. The quantitative estimate of drug-likeness (QED) is 0.866. The van der Waals surface area contributed by atoms with Crippen molar-refractivity contribution in [1.29, 1.82) is 0 Å². The maximum atomic E-state index is 4.03. The summed E-state index contributed by atoms with van der Waals surface area (Å²) in [5, 5.41) is 3.48. The number of nitrogens with zero attached hydrogens (tertiary/aromatic N) is 2.